The van der Waals surface area contributed by atoms with Crippen LogP contribution in [0.1, 0.15) is 37.3 Å². The average Bonchev–Trinajstić information content (AvgIpc) is 2.58. The SMILES string of the molecule is CC1(C)C=C2Nc3[nH]c(=O)[nH]c(=O)c3[C@H](c3cccc([N+](=O)[O-])c3)[C@H]2C(=O)C1. The van der Waals surface area contributed by atoms with Crippen molar-refractivity contribution in [1.29, 1.82) is 0 Å². The van der Waals surface area contributed by atoms with Crippen molar-refractivity contribution in [2.24, 2.45) is 11.3 Å². The molecule has 9 nitrogen and oxygen atoms in total. The molecule has 1 aromatic carbocycles. The minimum absolute atomic E-state index is 0.0669. The summed E-state index contributed by atoms with van der Waals surface area (Å²) in [6, 6.07) is 5.90. The highest BCUT2D eigenvalue weighted by Gasteiger charge is 2.45. The van der Waals surface area contributed by atoms with Crippen LogP contribution in [0.4, 0.5) is 11.5 Å². The smallest absolute Gasteiger partial charge is 0.327 e. The quantitative estimate of drug-likeness (QED) is 0.537. The number of Topliss-reactive ketones (excluding diaryl/α,β-unsaturated/α-hetero) is 1. The van der Waals surface area contributed by atoms with Crippen molar-refractivity contribution >= 4 is 17.3 Å². The number of anilines is 1. The number of H-pyrrole nitrogens is 2. The van der Waals surface area contributed by atoms with Gasteiger partial charge in [-0.15, -0.1) is 0 Å². The second-order valence-corrected chi connectivity index (χ2v) is 7.86. The predicted molar refractivity (Wildman–Crippen MR) is 101 cm³/mol. The summed E-state index contributed by atoms with van der Waals surface area (Å²) in [7, 11) is 0. The molecule has 1 aliphatic heterocycles. The summed E-state index contributed by atoms with van der Waals surface area (Å²) >= 11 is 0. The summed E-state index contributed by atoms with van der Waals surface area (Å²) < 4.78 is 0. The third kappa shape index (κ3) is 2.84. The number of nitrogens with one attached hydrogen (secondary N) is 3. The van der Waals surface area contributed by atoms with Gasteiger partial charge in [0, 0.05) is 30.2 Å². The second kappa shape index (κ2) is 6.01. The molecule has 144 valence electrons. The van der Waals surface area contributed by atoms with E-state index in [4.69, 9.17) is 0 Å². The molecular weight excluding hydrogens is 364 g/mol. The van der Waals surface area contributed by atoms with Gasteiger partial charge in [0.05, 0.1) is 16.4 Å². The van der Waals surface area contributed by atoms with Crippen LogP contribution in [0.5, 0.6) is 0 Å². The zero-order valence-corrected chi connectivity index (χ0v) is 15.2. The fourth-order valence-electron chi connectivity index (χ4n) is 4.17. The molecule has 28 heavy (non-hydrogen) atoms. The number of aromatic amines is 2. The highest BCUT2D eigenvalue weighted by Crippen LogP contribution is 2.47. The maximum atomic E-state index is 13.0. The lowest BCUT2D eigenvalue weighted by Gasteiger charge is -2.40. The number of hydrogen-bond donors (Lipinski definition) is 3. The molecule has 1 aliphatic carbocycles. The van der Waals surface area contributed by atoms with E-state index < -0.39 is 28.0 Å². The molecule has 0 radical (unpaired) electrons. The Morgan fingerprint density at radius 3 is 2.61 bits per heavy atom. The van der Waals surface area contributed by atoms with E-state index >= 15 is 0 Å². The van der Waals surface area contributed by atoms with Gasteiger partial charge in [-0.05, 0) is 11.0 Å². The number of carbonyl (C=O) groups excluding carboxylic acids is 1. The van der Waals surface area contributed by atoms with E-state index in [0.717, 1.165) is 0 Å². The maximum absolute atomic E-state index is 13.0. The van der Waals surface area contributed by atoms with Crippen LogP contribution in [0.3, 0.4) is 0 Å². The van der Waals surface area contributed by atoms with Crippen molar-refractivity contribution in [3.63, 3.8) is 0 Å². The first-order valence-corrected chi connectivity index (χ1v) is 8.79. The molecule has 2 aliphatic rings. The highest BCUT2D eigenvalue weighted by molar-refractivity contribution is 5.90. The van der Waals surface area contributed by atoms with Crippen molar-refractivity contribution in [3.05, 3.63) is 78.1 Å². The van der Waals surface area contributed by atoms with Gasteiger partial charge in [-0.3, -0.25) is 29.7 Å². The summed E-state index contributed by atoms with van der Waals surface area (Å²) in [5.41, 5.74) is -0.566. The second-order valence-electron chi connectivity index (χ2n) is 7.86. The molecule has 3 N–H and O–H groups in total. The van der Waals surface area contributed by atoms with E-state index in [-0.39, 0.29) is 34.7 Å². The number of nitro benzene ring substituents is 1. The number of fused-ring (bicyclic) bond motifs is 2. The zero-order chi connectivity index (χ0) is 20.2. The summed E-state index contributed by atoms with van der Waals surface area (Å²) in [5, 5.41) is 14.3. The number of nitro groups is 1. The van der Waals surface area contributed by atoms with Crippen molar-refractivity contribution in [1.82, 2.24) is 9.97 Å². The number of ketones is 1. The van der Waals surface area contributed by atoms with Gasteiger partial charge in [0.2, 0.25) is 0 Å². The van der Waals surface area contributed by atoms with Gasteiger partial charge < -0.3 is 5.32 Å². The number of aromatic nitrogens is 2. The van der Waals surface area contributed by atoms with Gasteiger partial charge in [0.1, 0.15) is 11.6 Å². The number of benzene rings is 1. The molecule has 0 spiro atoms. The molecule has 0 bridgehead atoms. The molecule has 4 rings (SSSR count). The van der Waals surface area contributed by atoms with E-state index in [1.807, 2.05) is 19.9 Å². The van der Waals surface area contributed by atoms with Gasteiger partial charge in [0.15, 0.2) is 0 Å². The fraction of sp³-hybridized carbons (Fsp3) is 0.316. The van der Waals surface area contributed by atoms with Crippen LogP contribution in [0.25, 0.3) is 0 Å². The molecule has 9 heteroatoms. The summed E-state index contributed by atoms with van der Waals surface area (Å²) in [5.74, 6) is -1.29. The zero-order valence-electron chi connectivity index (χ0n) is 15.2. The Bertz CT molecular complexity index is 1160. The van der Waals surface area contributed by atoms with Gasteiger partial charge in [-0.1, -0.05) is 32.1 Å². The first kappa shape index (κ1) is 17.9. The summed E-state index contributed by atoms with van der Waals surface area (Å²) in [4.78, 5) is 52.9. The monoisotopic (exact) mass is 382 g/mol. The lowest BCUT2D eigenvalue weighted by Crippen LogP contribution is -2.43. The van der Waals surface area contributed by atoms with Crippen LogP contribution in [-0.4, -0.2) is 20.7 Å². The molecule has 2 aromatic rings. The van der Waals surface area contributed by atoms with Crippen molar-refractivity contribution < 1.29 is 9.72 Å². The normalized spacial score (nSPS) is 22.5. The predicted octanol–water partition coefficient (Wildman–Crippen LogP) is 2.03. The molecule has 0 fully saturated rings. The van der Waals surface area contributed by atoms with E-state index in [0.29, 0.717) is 11.3 Å². The molecule has 0 saturated carbocycles. The standard InChI is InChI=1S/C19H18N4O5/c1-19(2)7-11-14(12(24)8-19)13(9-4-3-5-10(6-9)23(27)28)15-16(20-11)21-18(26)22-17(15)25/h3-7,13-14H,8H2,1-2H3,(H3,20,21,22,25,26)/t13-,14-/m1/s1. The number of nitrogens with zero attached hydrogens (tertiary/aromatic N) is 1. The molecule has 0 saturated heterocycles. The molecule has 2 heterocycles. The lowest BCUT2D eigenvalue weighted by molar-refractivity contribution is -0.384. The van der Waals surface area contributed by atoms with Crippen LogP contribution < -0.4 is 16.6 Å². The van der Waals surface area contributed by atoms with Gasteiger partial charge in [0.25, 0.3) is 11.2 Å². The first-order valence-electron chi connectivity index (χ1n) is 8.79. The maximum Gasteiger partial charge on any atom is 0.327 e. The summed E-state index contributed by atoms with van der Waals surface area (Å²) in [6.45, 7) is 3.85. The Kier molecular flexibility index (Phi) is 3.84. The Morgan fingerprint density at radius 1 is 1.14 bits per heavy atom. The van der Waals surface area contributed by atoms with E-state index in [2.05, 4.69) is 15.3 Å². The van der Waals surface area contributed by atoms with E-state index in [1.165, 1.54) is 18.2 Å². The van der Waals surface area contributed by atoms with Crippen molar-refractivity contribution in [3.8, 4) is 0 Å². The number of allylic oxidation sites excluding steroid dienone is 2. The first-order chi connectivity index (χ1) is 13.2. The molecular formula is C19H18N4O5. The van der Waals surface area contributed by atoms with Crippen LogP contribution in [0, 0.1) is 21.4 Å². The number of non-ortho nitro benzene ring substituents is 1. The Balaban J connectivity index is 2.01. The molecule has 0 amide bonds. The third-order valence-corrected chi connectivity index (χ3v) is 5.19. The molecule has 0 unspecified atom stereocenters. The van der Waals surface area contributed by atoms with Gasteiger partial charge in [-0.25, -0.2) is 4.79 Å². The van der Waals surface area contributed by atoms with E-state index in [9.17, 15) is 24.5 Å². The average molecular weight is 382 g/mol. The lowest BCUT2D eigenvalue weighted by atomic mass is 9.67. The Hall–Kier alpha value is -3.49. The Labute approximate surface area is 158 Å². The third-order valence-electron chi connectivity index (χ3n) is 5.19. The van der Waals surface area contributed by atoms with Crippen LogP contribution in [-0.2, 0) is 4.79 Å². The number of carbonyl (C=O) groups is 1. The van der Waals surface area contributed by atoms with Crippen molar-refractivity contribution in [2.45, 2.75) is 26.2 Å². The van der Waals surface area contributed by atoms with Crippen LogP contribution >= 0.6 is 0 Å². The van der Waals surface area contributed by atoms with E-state index in [1.54, 1.807) is 6.07 Å². The van der Waals surface area contributed by atoms with Crippen molar-refractivity contribution in [2.75, 3.05) is 5.32 Å². The van der Waals surface area contributed by atoms with Crippen LogP contribution in [0.15, 0.2) is 45.6 Å². The molecule has 2 atom stereocenters. The topological polar surface area (TPSA) is 138 Å². The largest absolute Gasteiger partial charge is 0.344 e. The van der Waals surface area contributed by atoms with Gasteiger partial charge in [-0.2, -0.15) is 0 Å². The summed E-state index contributed by atoms with van der Waals surface area (Å²) in [6.07, 6.45) is 2.21. The Morgan fingerprint density at radius 2 is 1.89 bits per heavy atom. The highest BCUT2D eigenvalue weighted by atomic mass is 16.6. The minimum atomic E-state index is -0.744. The van der Waals surface area contributed by atoms with Gasteiger partial charge >= 0.3 is 5.69 Å². The number of rotatable bonds is 2. The molecule has 1 aromatic heterocycles. The number of hydrogen-bond acceptors (Lipinski definition) is 6. The minimum Gasteiger partial charge on any atom is -0.344 e. The fourth-order valence-corrected chi connectivity index (χ4v) is 4.17. The van der Waals surface area contributed by atoms with Crippen LogP contribution in [0.2, 0.25) is 0 Å².